The molecule has 0 spiro atoms. The number of nitrogens with zero attached hydrogens (tertiary/aromatic N) is 1. The molecule has 3 rings (SSSR count). The summed E-state index contributed by atoms with van der Waals surface area (Å²) in [5, 5.41) is 2.97. The summed E-state index contributed by atoms with van der Waals surface area (Å²) in [5.41, 5.74) is 1.79. The first kappa shape index (κ1) is 20.7. The lowest BCUT2D eigenvalue weighted by atomic mass is 9.88. The van der Waals surface area contributed by atoms with Crippen molar-refractivity contribution < 1.29 is 19.1 Å². The van der Waals surface area contributed by atoms with Gasteiger partial charge in [0.05, 0.1) is 19.9 Å². The summed E-state index contributed by atoms with van der Waals surface area (Å²) in [6.45, 7) is 0. The number of ether oxygens (including phenoxy) is 2. The van der Waals surface area contributed by atoms with E-state index in [9.17, 15) is 9.59 Å². The zero-order valence-electron chi connectivity index (χ0n) is 17.2. The number of anilines is 2. The summed E-state index contributed by atoms with van der Waals surface area (Å²) in [7, 11) is 4.83. The van der Waals surface area contributed by atoms with Gasteiger partial charge in [-0.1, -0.05) is 25.3 Å². The lowest BCUT2D eigenvalue weighted by Crippen LogP contribution is -2.27. The molecule has 0 aromatic heterocycles. The van der Waals surface area contributed by atoms with E-state index >= 15 is 0 Å². The zero-order chi connectivity index (χ0) is 20.8. The molecule has 0 heterocycles. The number of benzene rings is 2. The predicted octanol–water partition coefficient (Wildman–Crippen LogP) is 4.50. The van der Waals surface area contributed by atoms with Crippen LogP contribution in [-0.2, 0) is 4.79 Å². The van der Waals surface area contributed by atoms with E-state index in [1.165, 1.54) is 11.3 Å². The van der Waals surface area contributed by atoms with E-state index in [1.54, 1.807) is 57.7 Å². The van der Waals surface area contributed by atoms with E-state index in [1.807, 2.05) is 6.07 Å². The molecule has 29 heavy (non-hydrogen) atoms. The predicted molar refractivity (Wildman–Crippen MR) is 114 cm³/mol. The van der Waals surface area contributed by atoms with Crippen LogP contribution in [0.2, 0.25) is 0 Å². The maximum Gasteiger partial charge on any atom is 0.258 e. The van der Waals surface area contributed by atoms with Gasteiger partial charge in [-0.15, -0.1) is 0 Å². The molecule has 2 aromatic carbocycles. The van der Waals surface area contributed by atoms with Gasteiger partial charge in [-0.05, 0) is 31.0 Å². The Balaban J connectivity index is 1.75. The minimum absolute atomic E-state index is 0.0418. The third-order valence-electron chi connectivity index (χ3n) is 5.38. The minimum Gasteiger partial charge on any atom is -0.497 e. The fraction of sp³-hybridized carbons (Fsp3) is 0.391. The van der Waals surface area contributed by atoms with Gasteiger partial charge in [0.15, 0.2) is 0 Å². The molecule has 6 heteroatoms. The van der Waals surface area contributed by atoms with Crippen molar-refractivity contribution in [1.29, 1.82) is 0 Å². The summed E-state index contributed by atoms with van der Waals surface area (Å²) < 4.78 is 10.6. The van der Waals surface area contributed by atoms with Crippen LogP contribution in [0.5, 0.6) is 11.5 Å². The quantitative estimate of drug-likeness (QED) is 0.781. The van der Waals surface area contributed by atoms with Crippen molar-refractivity contribution in [2.24, 2.45) is 5.92 Å². The van der Waals surface area contributed by atoms with Crippen molar-refractivity contribution in [1.82, 2.24) is 0 Å². The van der Waals surface area contributed by atoms with Gasteiger partial charge in [0.1, 0.15) is 11.5 Å². The maximum atomic E-state index is 13.0. The van der Waals surface area contributed by atoms with Gasteiger partial charge in [-0.2, -0.15) is 0 Å². The highest BCUT2D eigenvalue weighted by Gasteiger charge is 2.22. The van der Waals surface area contributed by atoms with Gasteiger partial charge in [0, 0.05) is 42.4 Å². The molecule has 0 bridgehead atoms. The standard InChI is InChI=1S/C23H28N2O4/c1-25(19-13-20(28-2)15-21(14-19)29-3)23(27)17-10-7-11-18(12-17)24-22(26)16-8-5-4-6-9-16/h7,10-16H,4-6,8-9H2,1-3H3,(H,24,26). The fourth-order valence-corrected chi connectivity index (χ4v) is 3.64. The molecule has 1 saturated carbocycles. The van der Waals surface area contributed by atoms with Crippen LogP contribution in [0, 0.1) is 5.92 Å². The third-order valence-corrected chi connectivity index (χ3v) is 5.38. The molecule has 154 valence electrons. The zero-order valence-corrected chi connectivity index (χ0v) is 17.2. The summed E-state index contributed by atoms with van der Waals surface area (Å²) in [6.07, 6.45) is 5.28. The molecule has 1 aliphatic carbocycles. The van der Waals surface area contributed by atoms with Gasteiger partial charge < -0.3 is 19.7 Å². The van der Waals surface area contributed by atoms with E-state index in [-0.39, 0.29) is 17.7 Å². The van der Waals surface area contributed by atoms with E-state index in [4.69, 9.17) is 9.47 Å². The van der Waals surface area contributed by atoms with E-state index in [2.05, 4.69) is 5.32 Å². The second-order valence-electron chi connectivity index (χ2n) is 7.34. The fourth-order valence-electron chi connectivity index (χ4n) is 3.64. The Kier molecular flexibility index (Phi) is 6.75. The number of methoxy groups -OCH3 is 2. The number of carbonyl (C=O) groups is 2. The Morgan fingerprint density at radius 1 is 0.966 bits per heavy atom. The van der Waals surface area contributed by atoms with Gasteiger partial charge in [-0.25, -0.2) is 0 Å². The van der Waals surface area contributed by atoms with Crippen molar-refractivity contribution in [2.45, 2.75) is 32.1 Å². The first-order valence-electron chi connectivity index (χ1n) is 9.94. The second kappa shape index (κ2) is 9.45. The molecule has 6 nitrogen and oxygen atoms in total. The molecular formula is C23H28N2O4. The SMILES string of the molecule is COc1cc(OC)cc(N(C)C(=O)c2cccc(NC(=O)C3CCCCC3)c2)c1. The average Bonchev–Trinajstić information content (AvgIpc) is 2.78. The molecule has 1 fully saturated rings. The Bertz CT molecular complexity index is 853. The summed E-state index contributed by atoms with van der Waals surface area (Å²) in [4.78, 5) is 27.1. The van der Waals surface area contributed by atoms with Gasteiger partial charge in [0.25, 0.3) is 5.91 Å². The van der Waals surface area contributed by atoms with Gasteiger partial charge in [-0.3, -0.25) is 9.59 Å². The maximum absolute atomic E-state index is 13.0. The molecular weight excluding hydrogens is 368 g/mol. The highest BCUT2D eigenvalue weighted by atomic mass is 16.5. The topological polar surface area (TPSA) is 67.9 Å². The van der Waals surface area contributed by atoms with Crippen molar-refractivity contribution in [2.75, 3.05) is 31.5 Å². The van der Waals surface area contributed by atoms with Crippen LogP contribution in [0.25, 0.3) is 0 Å². The average molecular weight is 396 g/mol. The summed E-state index contributed by atoms with van der Waals surface area (Å²) in [5.74, 6) is 1.13. The number of hydrogen-bond donors (Lipinski definition) is 1. The van der Waals surface area contributed by atoms with Gasteiger partial charge >= 0.3 is 0 Å². The number of carbonyl (C=O) groups excluding carboxylic acids is 2. The van der Waals surface area contributed by atoms with Crippen LogP contribution >= 0.6 is 0 Å². The Morgan fingerprint density at radius 3 is 2.24 bits per heavy atom. The number of amides is 2. The molecule has 2 aromatic rings. The molecule has 0 unspecified atom stereocenters. The Labute approximate surface area is 171 Å². The number of rotatable bonds is 6. The number of hydrogen-bond acceptors (Lipinski definition) is 4. The van der Waals surface area contributed by atoms with Crippen LogP contribution < -0.4 is 19.7 Å². The molecule has 0 saturated heterocycles. The van der Waals surface area contributed by atoms with Gasteiger partial charge in [0.2, 0.25) is 5.91 Å². The highest BCUT2D eigenvalue weighted by Crippen LogP contribution is 2.29. The van der Waals surface area contributed by atoms with Crippen LogP contribution in [-0.4, -0.2) is 33.1 Å². The first-order chi connectivity index (χ1) is 14.0. The van der Waals surface area contributed by atoms with E-state index in [0.717, 1.165) is 25.7 Å². The monoisotopic (exact) mass is 396 g/mol. The highest BCUT2D eigenvalue weighted by molar-refractivity contribution is 6.07. The minimum atomic E-state index is -0.186. The van der Waals surface area contributed by atoms with Crippen molar-refractivity contribution in [3.05, 3.63) is 48.0 Å². The summed E-state index contributed by atoms with van der Waals surface area (Å²) >= 11 is 0. The molecule has 1 aliphatic rings. The molecule has 0 atom stereocenters. The third kappa shape index (κ3) is 5.08. The number of nitrogens with one attached hydrogen (secondary N) is 1. The molecule has 0 radical (unpaired) electrons. The van der Waals surface area contributed by atoms with Crippen LogP contribution in [0.1, 0.15) is 42.5 Å². The Morgan fingerprint density at radius 2 is 1.62 bits per heavy atom. The molecule has 0 aliphatic heterocycles. The second-order valence-corrected chi connectivity index (χ2v) is 7.34. The Hall–Kier alpha value is -3.02. The normalized spacial score (nSPS) is 14.2. The first-order valence-corrected chi connectivity index (χ1v) is 9.94. The van der Waals surface area contributed by atoms with Crippen LogP contribution in [0.3, 0.4) is 0 Å². The van der Waals surface area contributed by atoms with E-state index in [0.29, 0.717) is 28.4 Å². The lowest BCUT2D eigenvalue weighted by molar-refractivity contribution is -0.120. The molecule has 2 amide bonds. The van der Waals surface area contributed by atoms with Crippen molar-refractivity contribution >= 4 is 23.2 Å². The lowest BCUT2D eigenvalue weighted by Gasteiger charge is -2.21. The largest absolute Gasteiger partial charge is 0.497 e. The van der Waals surface area contributed by atoms with Crippen LogP contribution in [0.15, 0.2) is 42.5 Å². The molecule has 1 N–H and O–H groups in total. The smallest absolute Gasteiger partial charge is 0.258 e. The van der Waals surface area contributed by atoms with Crippen LogP contribution in [0.4, 0.5) is 11.4 Å². The van der Waals surface area contributed by atoms with Crippen molar-refractivity contribution in [3.8, 4) is 11.5 Å². The van der Waals surface area contributed by atoms with E-state index < -0.39 is 0 Å². The van der Waals surface area contributed by atoms with Crippen molar-refractivity contribution in [3.63, 3.8) is 0 Å². The summed E-state index contributed by atoms with van der Waals surface area (Å²) in [6, 6.07) is 12.4.